The van der Waals surface area contributed by atoms with Gasteiger partial charge in [0.05, 0.1) is 37.3 Å². The Labute approximate surface area is 212 Å². The zero-order chi connectivity index (χ0) is 26.3. The van der Waals surface area contributed by atoms with Crippen LogP contribution in [0.15, 0.2) is 48.5 Å². The number of benzene rings is 2. The van der Waals surface area contributed by atoms with Gasteiger partial charge < -0.3 is 24.2 Å². The Morgan fingerprint density at radius 3 is 2.11 bits per heavy atom. The number of carbonyl (C=O) groups is 2. The van der Waals surface area contributed by atoms with Crippen LogP contribution in [0, 0.1) is 0 Å². The predicted molar refractivity (Wildman–Crippen MR) is 135 cm³/mol. The van der Waals surface area contributed by atoms with E-state index >= 15 is 0 Å². The van der Waals surface area contributed by atoms with Gasteiger partial charge in [0.2, 0.25) is 0 Å². The number of nitrogens with zero attached hydrogens (tertiary/aromatic N) is 1. The first-order valence-corrected chi connectivity index (χ1v) is 13.6. The number of quaternary nitrogens is 1. The van der Waals surface area contributed by atoms with E-state index in [1.54, 1.807) is 0 Å². The molecule has 0 aliphatic heterocycles. The minimum absolute atomic E-state index is 0.108. The summed E-state index contributed by atoms with van der Waals surface area (Å²) in [6.45, 7) is 1.33. The molecule has 9 nitrogen and oxygen atoms in total. The average Bonchev–Trinajstić information content (AvgIpc) is 3.12. The van der Waals surface area contributed by atoms with Crippen LogP contribution in [0.2, 0.25) is 0 Å². The lowest BCUT2D eigenvalue weighted by molar-refractivity contribution is -0.890. The van der Waals surface area contributed by atoms with Gasteiger partial charge >= 0.3 is 12.1 Å². The van der Waals surface area contributed by atoms with Gasteiger partial charge in [-0.05, 0) is 41.5 Å². The first kappa shape index (κ1) is 27.6. The molecule has 2 aromatic rings. The molecule has 0 spiro atoms. The quantitative estimate of drug-likeness (QED) is 0.236. The number of fused-ring (bicyclic) bond motifs is 3. The first-order chi connectivity index (χ1) is 17.0. The predicted octanol–water partition coefficient (Wildman–Crippen LogP) is 3.16. The molecule has 0 bridgehead atoms. The fourth-order valence-corrected chi connectivity index (χ4v) is 5.19. The molecular formula is C26H34N2O7S. The van der Waals surface area contributed by atoms with Crippen molar-refractivity contribution in [1.29, 1.82) is 0 Å². The molecule has 1 amide bonds. The number of aliphatic carboxylic acids is 1. The van der Waals surface area contributed by atoms with Gasteiger partial charge in [0.25, 0.3) is 0 Å². The molecule has 10 heteroatoms. The van der Waals surface area contributed by atoms with Crippen molar-refractivity contribution in [3.63, 3.8) is 0 Å². The van der Waals surface area contributed by atoms with Gasteiger partial charge in [-0.2, -0.15) is 0 Å². The maximum Gasteiger partial charge on any atom is 0.407 e. The molecule has 0 saturated heterocycles. The summed E-state index contributed by atoms with van der Waals surface area (Å²) in [6, 6.07) is 14.9. The highest BCUT2D eigenvalue weighted by Crippen LogP contribution is 2.44. The number of rotatable bonds is 13. The maximum atomic E-state index is 12.5. The summed E-state index contributed by atoms with van der Waals surface area (Å²) in [6.07, 6.45) is 1.00. The van der Waals surface area contributed by atoms with E-state index in [0.717, 1.165) is 22.3 Å². The molecule has 0 saturated carbocycles. The second-order valence-corrected chi connectivity index (χ2v) is 11.4. The largest absolute Gasteiger partial charge is 0.748 e. The number of alkyl carbamates (subject to hydrolysis) is 1. The zero-order valence-electron chi connectivity index (χ0n) is 20.7. The van der Waals surface area contributed by atoms with Gasteiger partial charge in [-0.1, -0.05) is 48.5 Å². The van der Waals surface area contributed by atoms with Crippen LogP contribution >= 0.6 is 0 Å². The fourth-order valence-electron chi connectivity index (χ4n) is 4.71. The standard InChI is InChI=1S/C26H34N2O7S/c1-28(2,16-9-17-36(32,33)34)15-8-7-14-24(25(29)30)27-26(31)35-18-23-21-12-5-3-10-19(21)20-11-4-6-13-22(20)23/h3-6,10-13,23-24H,7-9,14-18H2,1-2H3,(H2-,27,29,30,31,32,33,34). The maximum absolute atomic E-state index is 12.5. The van der Waals surface area contributed by atoms with E-state index in [2.05, 4.69) is 5.32 Å². The molecule has 2 aromatic carbocycles. The van der Waals surface area contributed by atoms with Crippen LogP contribution in [0.4, 0.5) is 4.79 Å². The van der Waals surface area contributed by atoms with Crippen molar-refractivity contribution < 1.29 is 36.9 Å². The summed E-state index contributed by atoms with van der Waals surface area (Å²) >= 11 is 0. The Hall–Kier alpha value is -2.95. The van der Waals surface area contributed by atoms with Gasteiger partial charge in [0.1, 0.15) is 12.6 Å². The highest BCUT2D eigenvalue weighted by molar-refractivity contribution is 7.85. The molecule has 1 unspecified atom stereocenters. The number of hydrogen-bond acceptors (Lipinski definition) is 6. The van der Waals surface area contributed by atoms with Gasteiger partial charge in [-0.25, -0.2) is 18.0 Å². The molecule has 36 heavy (non-hydrogen) atoms. The van der Waals surface area contributed by atoms with Crippen molar-refractivity contribution in [3.05, 3.63) is 59.7 Å². The number of amides is 1. The van der Waals surface area contributed by atoms with E-state index in [1.807, 2.05) is 62.6 Å². The highest BCUT2D eigenvalue weighted by atomic mass is 32.2. The number of nitrogens with one attached hydrogen (secondary N) is 1. The number of carbonyl (C=O) groups excluding carboxylic acids is 1. The van der Waals surface area contributed by atoms with E-state index in [-0.39, 0.29) is 31.1 Å². The summed E-state index contributed by atoms with van der Waals surface area (Å²) in [5.41, 5.74) is 4.38. The lowest BCUT2D eigenvalue weighted by Crippen LogP contribution is -2.43. The lowest BCUT2D eigenvalue weighted by atomic mass is 9.98. The normalized spacial score (nSPS) is 14.1. The Kier molecular flexibility index (Phi) is 9.10. The molecule has 0 fully saturated rings. The third-order valence-electron chi connectivity index (χ3n) is 6.60. The number of carboxylic acid groups (broad SMARTS) is 1. The molecule has 1 atom stereocenters. The second-order valence-electron chi connectivity index (χ2n) is 9.85. The van der Waals surface area contributed by atoms with Gasteiger partial charge in [0, 0.05) is 18.1 Å². The third kappa shape index (κ3) is 7.78. The van der Waals surface area contributed by atoms with E-state index in [9.17, 15) is 27.7 Å². The summed E-state index contributed by atoms with van der Waals surface area (Å²) in [4.78, 5) is 24.1. The first-order valence-electron chi connectivity index (χ1n) is 12.1. The minimum Gasteiger partial charge on any atom is -0.748 e. The van der Waals surface area contributed by atoms with Gasteiger partial charge in [0.15, 0.2) is 0 Å². The average molecular weight is 519 g/mol. The fraction of sp³-hybridized carbons (Fsp3) is 0.462. The van der Waals surface area contributed by atoms with Crippen LogP contribution in [0.25, 0.3) is 11.1 Å². The Morgan fingerprint density at radius 2 is 1.56 bits per heavy atom. The van der Waals surface area contributed by atoms with Crippen molar-refractivity contribution in [3.8, 4) is 11.1 Å². The molecule has 196 valence electrons. The van der Waals surface area contributed by atoms with E-state index in [1.165, 1.54) is 0 Å². The van der Waals surface area contributed by atoms with E-state index < -0.39 is 28.2 Å². The van der Waals surface area contributed by atoms with Crippen LogP contribution in [-0.2, 0) is 19.6 Å². The van der Waals surface area contributed by atoms with Crippen molar-refractivity contribution in [2.45, 2.75) is 37.6 Å². The molecule has 1 aliphatic carbocycles. The summed E-state index contributed by atoms with van der Waals surface area (Å²) in [5, 5.41) is 12.0. The number of unbranched alkanes of at least 4 members (excludes halogenated alkanes) is 1. The Balaban J connectivity index is 1.46. The van der Waals surface area contributed by atoms with Crippen LogP contribution < -0.4 is 5.32 Å². The topological polar surface area (TPSA) is 133 Å². The molecule has 0 heterocycles. The van der Waals surface area contributed by atoms with Crippen molar-refractivity contribution in [1.82, 2.24) is 5.32 Å². The Bertz CT molecular complexity index is 1130. The number of hydrogen-bond donors (Lipinski definition) is 2. The zero-order valence-corrected chi connectivity index (χ0v) is 21.5. The molecule has 0 radical (unpaired) electrons. The number of carboxylic acids is 1. The molecule has 0 aromatic heterocycles. The summed E-state index contributed by atoms with van der Waals surface area (Å²) in [7, 11) is -0.358. The van der Waals surface area contributed by atoms with Crippen molar-refractivity contribution >= 4 is 22.2 Å². The second kappa shape index (κ2) is 11.9. The van der Waals surface area contributed by atoms with Gasteiger partial charge in [-0.3, -0.25) is 0 Å². The van der Waals surface area contributed by atoms with Crippen LogP contribution in [-0.4, -0.2) is 80.2 Å². The minimum atomic E-state index is -4.22. The lowest BCUT2D eigenvalue weighted by Gasteiger charge is -2.30. The highest BCUT2D eigenvalue weighted by Gasteiger charge is 2.29. The molecule has 2 N–H and O–H groups in total. The third-order valence-corrected chi connectivity index (χ3v) is 7.39. The van der Waals surface area contributed by atoms with E-state index in [0.29, 0.717) is 30.4 Å². The van der Waals surface area contributed by atoms with E-state index in [4.69, 9.17) is 4.74 Å². The van der Waals surface area contributed by atoms with Crippen molar-refractivity contribution in [2.75, 3.05) is 39.5 Å². The van der Waals surface area contributed by atoms with Crippen LogP contribution in [0.1, 0.15) is 42.7 Å². The van der Waals surface area contributed by atoms with Gasteiger partial charge in [-0.15, -0.1) is 0 Å². The van der Waals surface area contributed by atoms with Crippen molar-refractivity contribution in [2.24, 2.45) is 0 Å². The smallest absolute Gasteiger partial charge is 0.407 e. The SMILES string of the molecule is C[N+](C)(CCCCC(NC(=O)OCC1c2ccccc2-c2ccccc21)C(=O)O)CCCS(=O)(=O)[O-]. The molecule has 3 rings (SSSR count). The monoisotopic (exact) mass is 518 g/mol. The Morgan fingerprint density at radius 1 is 1.00 bits per heavy atom. The van der Waals surface area contributed by atoms with Crippen LogP contribution in [0.5, 0.6) is 0 Å². The molecule has 1 aliphatic rings. The summed E-state index contributed by atoms with van der Waals surface area (Å²) in [5.74, 6) is -1.62. The summed E-state index contributed by atoms with van der Waals surface area (Å²) < 4.78 is 38.3. The molecular weight excluding hydrogens is 484 g/mol. The van der Waals surface area contributed by atoms with Crippen LogP contribution in [0.3, 0.4) is 0 Å². The number of ether oxygens (including phenoxy) is 1.